The third kappa shape index (κ3) is 5.22. The van der Waals surface area contributed by atoms with E-state index in [0.29, 0.717) is 11.6 Å². The Morgan fingerprint density at radius 1 is 1.40 bits per heavy atom. The third-order valence-electron chi connectivity index (χ3n) is 1.73. The van der Waals surface area contributed by atoms with Gasteiger partial charge >= 0.3 is 101 Å². The molecule has 0 spiro atoms. The summed E-state index contributed by atoms with van der Waals surface area (Å²) in [5.74, 6) is 0. The second-order valence-electron chi connectivity index (χ2n) is 3.01. The van der Waals surface area contributed by atoms with E-state index in [0.717, 1.165) is 17.3 Å². The summed E-state index contributed by atoms with van der Waals surface area (Å²) < 4.78 is 6.07. The Bertz CT molecular complexity index is 311. The molecule has 15 heavy (non-hydrogen) atoms. The number of carbonyl (C=O) groups is 1. The second kappa shape index (κ2) is 6.89. The molecule has 0 aliphatic carbocycles. The van der Waals surface area contributed by atoms with Gasteiger partial charge in [-0.1, -0.05) is 0 Å². The van der Waals surface area contributed by atoms with Gasteiger partial charge in [0.25, 0.3) is 0 Å². The van der Waals surface area contributed by atoms with Crippen LogP contribution in [0.15, 0.2) is 24.3 Å². The molecular formula is C11H13ClO2Se. The van der Waals surface area contributed by atoms with E-state index >= 15 is 0 Å². The van der Waals surface area contributed by atoms with Gasteiger partial charge in [-0.05, 0) is 0 Å². The topological polar surface area (TPSA) is 26.3 Å². The number of hydrogen-bond acceptors (Lipinski definition) is 2. The molecular weight excluding hydrogens is 279 g/mol. The Kier molecular flexibility index (Phi) is 5.77. The predicted octanol–water partition coefficient (Wildman–Crippen LogP) is 2.61. The van der Waals surface area contributed by atoms with Crippen LogP contribution in [0, 0.1) is 0 Å². The fourth-order valence-electron chi connectivity index (χ4n) is 0.928. The maximum atomic E-state index is 11.3. The molecule has 0 heterocycles. The monoisotopic (exact) mass is 292 g/mol. The zero-order valence-electron chi connectivity index (χ0n) is 8.53. The van der Waals surface area contributed by atoms with Gasteiger partial charge in [-0.2, -0.15) is 0 Å². The van der Waals surface area contributed by atoms with Crippen LogP contribution in [-0.2, 0) is 4.74 Å². The summed E-state index contributed by atoms with van der Waals surface area (Å²) in [6.45, 7) is 2.60. The van der Waals surface area contributed by atoms with Crippen molar-refractivity contribution in [3.05, 3.63) is 29.3 Å². The molecule has 2 nitrogen and oxygen atoms in total. The van der Waals surface area contributed by atoms with Crippen LogP contribution in [0.3, 0.4) is 0 Å². The van der Waals surface area contributed by atoms with Gasteiger partial charge in [-0.3, -0.25) is 0 Å². The summed E-state index contributed by atoms with van der Waals surface area (Å²) in [4.78, 5) is 11.2. The average molecular weight is 292 g/mol. The summed E-state index contributed by atoms with van der Waals surface area (Å²) in [6, 6.07) is 7.31. The van der Waals surface area contributed by atoms with Gasteiger partial charge in [0.05, 0.1) is 0 Å². The van der Waals surface area contributed by atoms with Crippen molar-refractivity contribution < 1.29 is 9.53 Å². The average Bonchev–Trinajstić information content (AvgIpc) is 2.22. The maximum absolute atomic E-state index is 11.3. The minimum absolute atomic E-state index is 0.113. The molecule has 4 heteroatoms. The second-order valence-corrected chi connectivity index (χ2v) is 5.56. The fraction of sp³-hybridized carbons (Fsp3) is 0.364. The van der Waals surface area contributed by atoms with Crippen LogP contribution in [0.2, 0.25) is 5.02 Å². The summed E-state index contributed by atoms with van der Waals surface area (Å²) in [6.07, 6.45) is 1.98. The molecule has 0 fully saturated rings. The van der Waals surface area contributed by atoms with E-state index < -0.39 is 0 Å². The molecule has 0 saturated carbocycles. The Hall–Kier alpha value is -0.501. The van der Waals surface area contributed by atoms with E-state index in [9.17, 15) is 4.79 Å². The van der Waals surface area contributed by atoms with Crippen molar-refractivity contribution >= 4 is 35.9 Å². The van der Waals surface area contributed by atoms with E-state index in [1.54, 1.807) is 12.1 Å². The molecule has 0 bridgehead atoms. The van der Waals surface area contributed by atoms with Gasteiger partial charge in [0.15, 0.2) is 0 Å². The molecule has 0 aliphatic heterocycles. The molecule has 0 aromatic heterocycles. The number of benzene rings is 1. The number of ether oxygens (including phenoxy) is 1. The predicted molar refractivity (Wildman–Crippen MR) is 63.1 cm³/mol. The number of rotatable bonds is 5. The van der Waals surface area contributed by atoms with Crippen molar-refractivity contribution in [1.82, 2.24) is 0 Å². The van der Waals surface area contributed by atoms with Crippen molar-refractivity contribution in [3.63, 3.8) is 0 Å². The minimum atomic E-state index is -0.252. The fourth-order valence-corrected chi connectivity index (χ4v) is 2.33. The molecule has 82 valence electrons. The van der Waals surface area contributed by atoms with Gasteiger partial charge in [-0.15, -0.1) is 0 Å². The number of unbranched alkanes of at least 4 members (excludes halogenated alkanes) is 1. The zero-order valence-corrected chi connectivity index (χ0v) is 11.0. The first kappa shape index (κ1) is 12.6. The van der Waals surface area contributed by atoms with Crippen LogP contribution in [0.25, 0.3) is 0 Å². The molecule has 0 aliphatic rings. The normalized spacial score (nSPS) is 10.0. The Morgan fingerprint density at radius 3 is 2.67 bits per heavy atom. The molecule has 0 amide bonds. The molecule has 0 atom stereocenters. The quantitative estimate of drug-likeness (QED) is 0.616. The Balaban J connectivity index is 2.34. The van der Waals surface area contributed by atoms with E-state index in [4.69, 9.17) is 16.3 Å². The molecule has 0 unspecified atom stereocenters. The number of hydrogen-bond donors (Lipinski definition) is 0. The first-order valence-electron chi connectivity index (χ1n) is 4.82. The zero-order chi connectivity index (χ0) is 11.1. The Labute approximate surface area is 101 Å². The number of halogens is 1. The Morgan fingerprint density at radius 2 is 2.07 bits per heavy atom. The molecule has 1 aromatic rings. The van der Waals surface area contributed by atoms with E-state index in [1.165, 1.54) is 0 Å². The van der Waals surface area contributed by atoms with Crippen LogP contribution in [0.1, 0.15) is 19.8 Å². The van der Waals surface area contributed by atoms with Crippen LogP contribution < -0.4 is 4.46 Å². The van der Waals surface area contributed by atoms with Crippen molar-refractivity contribution in [2.75, 3.05) is 6.61 Å². The van der Waals surface area contributed by atoms with Crippen molar-refractivity contribution in [2.24, 2.45) is 0 Å². The van der Waals surface area contributed by atoms with Crippen LogP contribution in [0.4, 0.5) is 4.79 Å². The molecule has 1 rings (SSSR count). The van der Waals surface area contributed by atoms with Gasteiger partial charge in [0.2, 0.25) is 0 Å². The molecule has 0 saturated heterocycles. The van der Waals surface area contributed by atoms with Crippen LogP contribution in [-0.4, -0.2) is 26.4 Å². The van der Waals surface area contributed by atoms with E-state index in [2.05, 4.69) is 6.92 Å². The molecule has 0 radical (unpaired) electrons. The summed E-state index contributed by atoms with van der Waals surface area (Å²) in [5.41, 5.74) is 0. The summed E-state index contributed by atoms with van der Waals surface area (Å²) in [5, 5.41) is 0.689. The number of carbonyl (C=O) groups excluding carboxylic acids is 1. The van der Waals surface area contributed by atoms with Gasteiger partial charge < -0.3 is 0 Å². The first-order valence-corrected chi connectivity index (χ1v) is 6.91. The van der Waals surface area contributed by atoms with E-state index in [1.807, 2.05) is 12.1 Å². The SMILES string of the molecule is CCCCOC(=O)[Se]c1ccc(Cl)cc1. The third-order valence-corrected chi connectivity index (χ3v) is 3.65. The van der Waals surface area contributed by atoms with Crippen molar-refractivity contribution in [3.8, 4) is 0 Å². The van der Waals surface area contributed by atoms with Gasteiger partial charge in [0, 0.05) is 0 Å². The summed E-state index contributed by atoms with van der Waals surface area (Å²) >= 11 is 5.49. The van der Waals surface area contributed by atoms with Crippen LogP contribution in [0.5, 0.6) is 0 Å². The molecule has 1 aromatic carbocycles. The first-order chi connectivity index (χ1) is 7.22. The summed E-state index contributed by atoms with van der Waals surface area (Å²) in [7, 11) is 0. The standard InChI is InChI=1S/C11H13ClO2Se/c1-2-3-8-14-11(13)15-10-6-4-9(12)5-7-10/h4-7H,2-3,8H2,1H3. The van der Waals surface area contributed by atoms with Gasteiger partial charge in [-0.25, -0.2) is 0 Å². The van der Waals surface area contributed by atoms with E-state index in [-0.39, 0.29) is 19.8 Å². The van der Waals surface area contributed by atoms with Crippen molar-refractivity contribution in [2.45, 2.75) is 19.8 Å². The van der Waals surface area contributed by atoms with Crippen LogP contribution >= 0.6 is 11.6 Å². The molecule has 0 N–H and O–H groups in total. The van der Waals surface area contributed by atoms with Gasteiger partial charge in [0.1, 0.15) is 0 Å². The van der Waals surface area contributed by atoms with Crippen molar-refractivity contribution in [1.29, 1.82) is 0 Å².